The summed E-state index contributed by atoms with van der Waals surface area (Å²) in [7, 11) is 0. The quantitative estimate of drug-likeness (QED) is 0.666. The van der Waals surface area contributed by atoms with Gasteiger partial charge in [-0.1, -0.05) is 26.7 Å². The Labute approximate surface area is 132 Å². The molecule has 6 heteroatoms. The first kappa shape index (κ1) is 18.5. The number of hydrogen-bond acceptors (Lipinski definition) is 3. The van der Waals surface area contributed by atoms with Crippen molar-refractivity contribution in [3.63, 3.8) is 0 Å². The second-order valence-electron chi connectivity index (χ2n) is 6.84. The molecule has 2 unspecified atom stereocenters. The lowest BCUT2D eigenvalue weighted by Gasteiger charge is -2.34. The third kappa shape index (κ3) is 5.00. The lowest BCUT2D eigenvalue weighted by molar-refractivity contribution is -0.140. The predicted octanol–water partition coefficient (Wildman–Crippen LogP) is 1.69. The highest BCUT2D eigenvalue weighted by Crippen LogP contribution is 2.25. The van der Waals surface area contributed by atoms with Gasteiger partial charge in [0.05, 0.1) is 12.0 Å². The van der Waals surface area contributed by atoms with Crippen molar-refractivity contribution in [1.29, 1.82) is 0 Å². The second kappa shape index (κ2) is 7.61. The SMILES string of the molecule is CC(NC(=O)C1CCCC1)C(=O)NC(C)(CC(=O)O)C(C)C. The van der Waals surface area contributed by atoms with Gasteiger partial charge < -0.3 is 15.7 Å². The summed E-state index contributed by atoms with van der Waals surface area (Å²) in [5.74, 6) is -1.41. The fourth-order valence-electron chi connectivity index (χ4n) is 2.68. The zero-order valence-corrected chi connectivity index (χ0v) is 13.9. The van der Waals surface area contributed by atoms with Crippen LogP contribution in [0.3, 0.4) is 0 Å². The van der Waals surface area contributed by atoms with Crippen molar-refractivity contribution < 1.29 is 19.5 Å². The normalized spacial score (nSPS) is 19.5. The van der Waals surface area contributed by atoms with Gasteiger partial charge in [-0.15, -0.1) is 0 Å². The number of carboxylic acid groups (broad SMARTS) is 1. The van der Waals surface area contributed by atoms with E-state index in [-0.39, 0.29) is 30.1 Å². The number of aliphatic carboxylic acids is 1. The fourth-order valence-corrected chi connectivity index (χ4v) is 2.68. The van der Waals surface area contributed by atoms with Gasteiger partial charge in [0.25, 0.3) is 0 Å². The van der Waals surface area contributed by atoms with E-state index in [0.29, 0.717) is 0 Å². The van der Waals surface area contributed by atoms with Crippen LogP contribution in [0, 0.1) is 11.8 Å². The number of rotatable bonds is 7. The molecule has 22 heavy (non-hydrogen) atoms. The van der Waals surface area contributed by atoms with Crippen LogP contribution >= 0.6 is 0 Å². The number of carbonyl (C=O) groups excluding carboxylic acids is 2. The Bertz CT molecular complexity index is 430. The maximum atomic E-state index is 12.3. The zero-order chi connectivity index (χ0) is 16.9. The first-order valence-electron chi connectivity index (χ1n) is 8.00. The molecule has 1 rings (SSSR count). The van der Waals surface area contributed by atoms with E-state index >= 15 is 0 Å². The summed E-state index contributed by atoms with van der Waals surface area (Å²) < 4.78 is 0. The van der Waals surface area contributed by atoms with Crippen LogP contribution in [0.25, 0.3) is 0 Å². The summed E-state index contributed by atoms with van der Waals surface area (Å²) in [5.41, 5.74) is -0.838. The number of carbonyl (C=O) groups is 3. The molecule has 6 nitrogen and oxygen atoms in total. The fraction of sp³-hybridized carbons (Fsp3) is 0.812. The van der Waals surface area contributed by atoms with Crippen LogP contribution in [0.1, 0.15) is 59.8 Å². The topological polar surface area (TPSA) is 95.5 Å². The van der Waals surface area contributed by atoms with Crippen molar-refractivity contribution in [2.45, 2.75) is 71.4 Å². The van der Waals surface area contributed by atoms with Crippen molar-refractivity contribution in [3.05, 3.63) is 0 Å². The van der Waals surface area contributed by atoms with E-state index in [1.165, 1.54) is 0 Å². The molecule has 0 aromatic carbocycles. The molecular weight excluding hydrogens is 284 g/mol. The number of carboxylic acids is 1. The number of amides is 2. The smallest absolute Gasteiger partial charge is 0.305 e. The molecule has 126 valence electrons. The predicted molar refractivity (Wildman–Crippen MR) is 83.2 cm³/mol. The van der Waals surface area contributed by atoms with Gasteiger partial charge in [0.15, 0.2) is 0 Å². The minimum absolute atomic E-state index is 0.00533. The summed E-state index contributed by atoms with van der Waals surface area (Å²) in [4.78, 5) is 35.3. The standard InChI is InChI=1S/C16H28N2O4/c1-10(2)16(4,9-13(19)20)18-14(21)11(3)17-15(22)12-7-5-6-8-12/h10-12H,5-9H2,1-4H3,(H,17,22)(H,18,21)(H,19,20). The van der Waals surface area contributed by atoms with Gasteiger partial charge >= 0.3 is 5.97 Å². The lowest BCUT2D eigenvalue weighted by atomic mass is 9.85. The molecule has 2 amide bonds. The maximum absolute atomic E-state index is 12.3. The monoisotopic (exact) mass is 312 g/mol. The molecule has 0 aromatic rings. The van der Waals surface area contributed by atoms with Gasteiger partial charge in [0, 0.05) is 5.92 Å². The molecule has 2 atom stereocenters. The molecule has 0 heterocycles. The highest BCUT2D eigenvalue weighted by atomic mass is 16.4. The summed E-state index contributed by atoms with van der Waals surface area (Å²) in [5, 5.41) is 14.5. The molecular formula is C16H28N2O4. The van der Waals surface area contributed by atoms with Crippen molar-refractivity contribution in [1.82, 2.24) is 10.6 Å². The lowest BCUT2D eigenvalue weighted by Crippen LogP contribution is -2.56. The molecule has 1 fully saturated rings. The molecule has 0 bridgehead atoms. The van der Waals surface area contributed by atoms with E-state index in [4.69, 9.17) is 5.11 Å². The Morgan fingerprint density at radius 1 is 1.18 bits per heavy atom. The Kier molecular flexibility index (Phi) is 6.38. The largest absolute Gasteiger partial charge is 0.481 e. The van der Waals surface area contributed by atoms with Gasteiger partial charge in [-0.25, -0.2) is 0 Å². The zero-order valence-electron chi connectivity index (χ0n) is 13.9. The highest BCUT2D eigenvalue weighted by Gasteiger charge is 2.34. The molecule has 3 N–H and O–H groups in total. The Hall–Kier alpha value is -1.59. The molecule has 1 saturated carbocycles. The number of hydrogen-bond donors (Lipinski definition) is 3. The molecule has 1 aliphatic carbocycles. The van der Waals surface area contributed by atoms with E-state index in [2.05, 4.69) is 10.6 Å². The van der Waals surface area contributed by atoms with Crippen LogP contribution < -0.4 is 10.6 Å². The highest BCUT2D eigenvalue weighted by molar-refractivity contribution is 5.89. The van der Waals surface area contributed by atoms with E-state index < -0.39 is 17.6 Å². The van der Waals surface area contributed by atoms with Crippen molar-refractivity contribution >= 4 is 17.8 Å². The summed E-state index contributed by atoms with van der Waals surface area (Å²) in [6, 6.07) is -0.667. The average Bonchev–Trinajstić information content (AvgIpc) is 2.90. The molecule has 1 aliphatic rings. The van der Waals surface area contributed by atoms with Crippen molar-refractivity contribution in [2.75, 3.05) is 0 Å². The Balaban J connectivity index is 2.60. The van der Waals surface area contributed by atoms with Crippen LogP contribution in [-0.2, 0) is 14.4 Å². The van der Waals surface area contributed by atoms with Gasteiger partial charge in [0.1, 0.15) is 6.04 Å². The van der Waals surface area contributed by atoms with Crippen LogP contribution in [-0.4, -0.2) is 34.5 Å². The Morgan fingerprint density at radius 3 is 2.18 bits per heavy atom. The summed E-state index contributed by atoms with van der Waals surface area (Å²) in [6.07, 6.45) is 3.72. The van der Waals surface area contributed by atoms with Gasteiger partial charge in [-0.3, -0.25) is 14.4 Å². The van der Waals surface area contributed by atoms with E-state index in [1.54, 1.807) is 13.8 Å². The van der Waals surface area contributed by atoms with Crippen molar-refractivity contribution in [3.8, 4) is 0 Å². The van der Waals surface area contributed by atoms with E-state index in [0.717, 1.165) is 25.7 Å². The molecule has 0 aliphatic heterocycles. The van der Waals surface area contributed by atoms with Crippen LogP contribution in [0.4, 0.5) is 0 Å². The first-order valence-corrected chi connectivity index (χ1v) is 8.00. The van der Waals surface area contributed by atoms with E-state index in [1.807, 2.05) is 13.8 Å². The van der Waals surface area contributed by atoms with Crippen LogP contribution in [0.5, 0.6) is 0 Å². The minimum atomic E-state index is -0.959. The molecule has 0 radical (unpaired) electrons. The van der Waals surface area contributed by atoms with Gasteiger partial charge in [-0.2, -0.15) is 0 Å². The average molecular weight is 312 g/mol. The molecule has 0 aromatic heterocycles. The third-order valence-electron chi connectivity index (χ3n) is 4.68. The minimum Gasteiger partial charge on any atom is -0.481 e. The van der Waals surface area contributed by atoms with E-state index in [9.17, 15) is 14.4 Å². The maximum Gasteiger partial charge on any atom is 0.305 e. The van der Waals surface area contributed by atoms with Gasteiger partial charge in [0.2, 0.25) is 11.8 Å². The summed E-state index contributed by atoms with van der Waals surface area (Å²) in [6.45, 7) is 7.08. The molecule has 0 spiro atoms. The first-order chi connectivity index (χ1) is 10.2. The third-order valence-corrected chi connectivity index (χ3v) is 4.68. The number of nitrogens with one attached hydrogen (secondary N) is 2. The molecule has 0 saturated heterocycles. The second-order valence-corrected chi connectivity index (χ2v) is 6.84. The van der Waals surface area contributed by atoms with Crippen LogP contribution in [0.15, 0.2) is 0 Å². The van der Waals surface area contributed by atoms with Gasteiger partial charge in [-0.05, 0) is 32.6 Å². The van der Waals surface area contributed by atoms with Crippen LogP contribution in [0.2, 0.25) is 0 Å². The van der Waals surface area contributed by atoms with Crippen molar-refractivity contribution in [2.24, 2.45) is 11.8 Å². The summed E-state index contributed by atoms with van der Waals surface area (Å²) >= 11 is 0. The Morgan fingerprint density at radius 2 is 1.73 bits per heavy atom.